The quantitative estimate of drug-likeness (QED) is 0.695. The van der Waals surface area contributed by atoms with Crippen LogP contribution in [-0.4, -0.2) is 71.9 Å². The number of thiophene rings is 1. The van der Waals surface area contributed by atoms with Gasteiger partial charge in [-0.05, 0) is 49.3 Å². The van der Waals surface area contributed by atoms with Crippen LogP contribution in [-0.2, 0) is 19.6 Å². The molecule has 2 saturated heterocycles. The van der Waals surface area contributed by atoms with E-state index >= 15 is 0 Å². The molecular formula is C21H24N4O5S2. The molecule has 11 heteroatoms. The number of carbonyl (C=O) groups excluding carboxylic acids is 3. The number of hydrogen-bond donors (Lipinski definition) is 1. The van der Waals surface area contributed by atoms with Crippen LogP contribution in [0, 0.1) is 0 Å². The molecule has 0 saturated carbocycles. The van der Waals surface area contributed by atoms with Crippen molar-refractivity contribution in [3.8, 4) is 0 Å². The second kappa shape index (κ2) is 9.47. The van der Waals surface area contributed by atoms with Crippen LogP contribution in [0.2, 0.25) is 0 Å². The van der Waals surface area contributed by atoms with Gasteiger partial charge in [-0.25, -0.2) is 13.4 Å². The Morgan fingerprint density at radius 2 is 1.94 bits per heavy atom. The number of sulfonamides is 1. The van der Waals surface area contributed by atoms with Crippen molar-refractivity contribution in [3.05, 3.63) is 46.8 Å². The predicted octanol–water partition coefficient (Wildman–Crippen LogP) is 1.29. The number of amides is 2. The normalized spacial score (nSPS) is 22.5. The molecule has 1 unspecified atom stereocenters. The number of Topliss-reactive ketones (excluding diaryl/α,β-unsaturated/α-hetero) is 1. The summed E-state index contributed by atoms with van der Waals surface area (Å²) in [7, 11) is -3.89. The van der Waals surface area contributed by atoms with E-state index in [4.69, 9.17) is 0 Å². The summed E-state index contributed by atoms with van der Waals surface area (Å²) in [6.07, 6.45) is 3.39. The zero-order valence-corrected chi connectivity index (χ0v) is 19.0. The highest BCUT2D eigenvalue weighted by atomic mass is 32.2. The summed E-state index contributed by atoms with van der Waals surface area (Å²) in [5.74, 6) is -0.932. The molecule has 0 aliphatic carbocycles. The number of aromatic nitrogens is 1. The Balaban J connectivity index is 1.42. The molecule has 2 aliphatic heterocycles. The molecule has 9 nitrogen and oxygen atoms in total. The molecule has 32 heavy (non-hydrogen) atoms. The monoisotopic (exact) mass is 476 g/mol. The Bertz CT molecular complexity index is 1090. The van der Waals surface area contributed by atoms with Crippen molar-refractivity contribution in [1.82, 2.24) is 19.5 Å². The summed E-state index contributed by atoms with van der Waals surface area (Å²) in [4.78, 5) is 44.0. The molecule has 2 aliphatic rings. The van der Waals surface area contributed by atoms with Gasteiger partial charge in [0.2, 0.25) is 5.91 Å². The Hall–Kier alpha value is -2.63. The van der Waals surface area contributed by atoms with Crippen LogP contribution in [0.25, 0.3) is 0 Å². The third-order valence-electron chi connectivity index (χ3n) is 5.76. The summed E-state index contributed by atoms with van der Waals surface area (Å²) in [5.41, 5.74) is 0.551. The average molecular weight is 477 g/mol. The fourth-order valence-corrected chi connectivity index (χ4v) is 6.09. The van der Waals surface area contributed by atoms with E-state index in [9.17, 15) is 22.8 Å². The number of rotatable bonds is 5. The number of nitrogens with one attached hydrogen (secondary N) is 1. The lowest BCUT2D eigenvalue weighted by Crippen LogP contribution is -2.51. The molecule has 2 fully saturated rings. The van der Waals surface area contributed by atoms with Crippen molar-refractivity contribution in [2.24, 2.45) is 0 Å². The fraction of sp³-hybridized carbons (Fsp3) is 0.429. The number of likely N-dealkylation sites (tertiary alicyclic amines) is 1. The molecule has 0 aromatic carbocycles. The lowest BCUT2D eigenvalue weighted by molar-refractivity contribution is -0.130. The van der Waals surface area contributed by atoms with E-state index in [2.05, 4.69) is 10.3 Å². The van der Waals surface area contributed by atoms with Crippen molar-refractivity contribution in [2.45, 2.75) is 42.8 Å². The summed E-state index contributed by atoms with van der Waals surface area (Å²) >= 11 is 1.42. The first kappa shape index (κ1) is 22.6. The van der Waals surface area contributed by atoms with E-state index in [0.717, 1.165) is 4.31 Å². The lowest BCUT2D eigenvalue weighted by atomic mass is 10.1. The number of carbonyl (C=O) groups is 3. The van der Waals surface area contributed by atoms with Crippen LogP contribution in [0.1, 0.15) is 36.0 Å². The Morgan fingerprint density at radius 1 is 1.12 bits per heavy atom. The van der Waals surface area contributed by atoms with Gasteiger partial charge in [0.05, 0.1) is 18.2 Å². The first-order valence-electron chi connectivity index (χ1n) is 10.5. The zero-order chi connectivity index (χ0) is 22.7. The number of nitrogens with zero attached hydrogens (tertiary/aromatic N) is 3. The molecule has 4 rings (SSSR count). The van der Waals surface area contributed by atoms with E-state index in [1.165, 1.54) is 23.6 Å². The zero-order valence-electron chi connectivity index (χ0n) is 17.3. The first-order chi connectivity index (χ1) is 15.4. The summed E-state index contributed by atoms with van der Waals surface area (Å²) < 4.78 is 26.8. The molecule has 170 valence electrons. The van der Waals surface area contributed by atoms with Crippen molar-refractivity contribution >= 4 is 39.0 Å². The highest BCUT2D eigenvalue weighted by Crippen LogP contribution is 2.23. The van der Waals surface area contributed by atoms with Gasteiger partial charge in [0.1, 0.15) is 6.04 Å². The van der Waals surface area contributed by atoms with Gasteiger partial charge in [-0.1, -0.05) is 6.07 Å². The van der Waals surface area contributed by atoms with Gasteiger partial charge < -0.3 is 10.2 Å². The second-order valence-corrected chi connectivity index (χ2v) is 10.5. The SMILES string of the molecule is O=C1CN(S(=O)(=O)c2ccccn2)CCCC1NC(=O)[C@@H]1CCCN1C(=O)c1ccsc1. The maximum Gasteiger partial charge on any atom is 0.260 e. The highest BCUT2D eigenvalue weighted by Gasteiger charge is 2.38. The van der Waals surface area contributed by atoms with Crippen LogP contribution in [0.5, 0.6) is 0 Å². The van der Waals surface area contributed by atoms with Gasteiger partial charge in [-0.2, -0.15) is 15.6 Å². The number of hydrogen-bond acceptors (Lipinski definition) is 7. The molecule has 2 aromatic heterocycles. The topological polar surface area (TPSA) is 117 Å². The minimum Gasteiger partial charge on any atom is -0.344 e. The van der Waals surface area contributed by atoms with E-state index in [-0.39, 0.29) is 35.7 Å². The van der Waals surface area contributed by atoms with E-state index in [0.29, 0.717) is 37.8 Å². The predicted molar refractivity (Wildman–Crippen MR) is 118 cm³/mol. The fourth-order valence-electron chi connectivity index (χ4n) is 4.09. The average Bonchev–Trinajstić information content (AvgIpc) is 3.47. The van der Waals surface area contributed by atoms with E-state index in [1.54, 1.807) is 28.5 Å². The third-order valence-corrected chi connectivity index (χ3v) is 8.21. The molecule has 2 amide bonds. The minimum absolute atomic E-state index is 0.108. The van der Waals surface area contributed by atoms with Gasteiger partial charge in [0, 0.05) is 24.7 Å². The van der Waals surface area contributed by atoms with Gasteiger partial charge in [-0.15, -0.1) is 0 Å². The minimum atomic E-state index is -3.89. The van der Waals surface area contributed by atoms with Crippen LogP contribution < -0.4 is 5.32 Å². The van der Waals surface area contributed by atoms with Gasteiger partial charge in [0.15, 0.2) is 10.8 Å². The maximum atomic E-state index is 13.0. The summed E-state index contributed by atoms with van der Waals surface area (Å²) in [5, 5.41) is 6.23. The van der Waals surface area contributed by atoms with Crippen LogP contribution in [0.15, 0.2) is 46.2 Å². The van der Waals surface area contributed by atoms with Crippen molar-refractivity contribution in [2.75, 3.05) is 19.6 Å². The van der Waals surface area contributed by atoms with Gasteiger partial charge in [-0.3, -0.25) is 14.4 Å². The van der Waals surface area contributed by atoms with Gasteiger partial charge in [0.25, 0.3) is 15.9 Å². The molecule has 2 atom stereocenters. The summed E-state index contributed by atoms with van der Waals surface area (Å²) in [6.45, 7) is 0.330. The standard InChI is InChI=1S/C21H24N4O5S2/c26-18-13-24(32(29,30)19-7-1-2-9-22-19)10-3-5-16(18)23-20(27)17-6-4-11-25(17)21(28)15-8-12-31-14-15/h1-2,7-9,12,14,16-17H,3-6,10-11,13H2,(H,23,27)/t16?,17-/m0/s1. The second-order valence-electron chi connectivity index (χ2n) is 7.84. The Morgan fingerprint density at radius 3 is 2.66 bits per heavy atom. The number of ketones is 1. The van der Waals surface area contributed by atoms with E-state index < -0.39 is 22.1 Å². The molecule has 0 bridgehead atoms. The maximum absolute atomic E-state index is 13.0. The molecule has 2 aromatic rings. The van der Waals surface area contributed by atoms with Crippen LogP contribution >= 0.6 is 11.3 Å². The lowest BCUT2D eigenvalue weighted by Gasteiger charge is -2.25. The van der Waals surface area contributed by atoms with Crippen molar-refractivity contribution < 1.29 is 22.8 Å². The van der Waals surface area contributed by atoms with E-state index in [1.807, 2.05) is 5.38 Å². The molecule has 0 spiro atoms. The highest BCUT2D eigenvalue weighted by molar-refractivity contribution is 7.89. The molecular weight excluding hydrogens is 452 g/mol. The smallest absolute Gasteiger partial charge is 0.260 e. The Kier molecular flexibility index (Phi) is 6.68. The largest absolute Gasteiger partial charge is 0.344 e. The number of pyridine rings is 1. The van der Waals surface area contributed by atoms with Crippen molar-refractivity contribution in [3.63, 3.8) is 0 Å². The molecule has 1 N–H and O–H groups in total. The molecule has 4 heterocycles. The third kappa shape index (κ3) is 4.59. The van der Waals surface area contributed by atoms with Gasteiger partial charge >= 0.3 is 0 Å². The summed E-state index contributed by atoms with van der Waals surface area (Å²) in [6, 6.07) is 4.90. The molecule has 0 radical (unpaired) electrons. The van der Waals surface area contributed by atoms with Crippen LogP contribution in [0.4, 0.5) is 0 Å². The first-order valence-corrected chi connectivity index (χ1v) is 12.8. The Labute approximate surface area is 190 Å². The van der Waals surface area contributed by atoms with Crippen molar-refractivity contribution in [1.29, 1.82) is 0 Å². The van der Waals surface area contributed by atoms with Crippen LogP contribution in [0.3, 0.4) is 0 Å².